The minimum Gasteiger partial charge on any atom is -0.373 e. The summed E-state index contributed by atoms with van der Waals surface area (Å²) in [5.41, 5.74) is 2.34. The van der Waals surface area contributed by atoms with E-state index in [1.807, 2.05) is 30.5 Å². The van der Waals surface area contributed by atoms with Gasteiger partial charge in [-0.2, -0.15) is 0 Å². The number of aromatic nitrogens is 1. The molecule has 1 saturated heterocycles. The molecule has 0 spiro atoms. The zero-order chi connectivity index (χ0) is 17.3. The molecule has 26 heavy (non-hydrogen) atoms. The highest BCUT2D eigenvalue weighted by atomic mass is 127. The standard InChI is InChI=1S/C20H26N4O.HI/c1-21-20(23-13-10-18-9-5-6-12-22-18)24-15-17-11-14-25-19(17)16-7-3-2-4-8-16;/h2-9,12,17,19H,10-11,13-15H2,1H3,(H2,21,23,24);1H. The molecule has 3 rings (SSSR count). The van der Waals surface area contributed by atoms with Gasteiger partial charge in [-0.1, -0.05) is 36.4 Å². The van der Waals surface area contributed by atoms with Gasteiger partial charge < -0.3 is 15.4 Å². The third-order valence-corrected chi connectivity index (χ3v) is 4.50. The van der Waals surface area contributed by atoms with Crippen molar-refractivity contribution in [3.63, 3.8) is 0 Å². The van der Waals surface area contributed by atoms with Crippen molar-refractivity contribution in [2.45, 2.75) is 18.9 Å². The lowest BCUT2D eigenvalue weighted by atomic mass is 9.95. The number of nitrogens with zero attached hydrogens (tertiary/aromatic N) is 2. The van der Waals surface area contributed by atoms with Gasteiger partial charge in [0.1, 0.15) is 0 Å². The van der Waals surface area contributed by atoms with Crippen LogP contribution in [0.2, 0.25) is 0 Å². The van der Waals surface area contributed by atoms with Crippen LogP contribution in [-0.4, -0.2) is 37.7 Å². The van der Waals surface area contributed by atoms with Crippen LogP contribution >= 0.6 is 24.0 Å². The zero-order valence-electron chi connectivity index (χ0n) is 15.1. The summed E-state index contributed by atoms with van der Waals surface area (Å²) in [6, 6.07) is 16.5. The van der Waals surface area contributed by atoms with Gasteiger partial charge in [0.2, 0.25) is 0 Å². The second-order valence-electron chi connectivity index (χ2n) is 6.20. The number of nitrogens with one attached hydrogen (secondary N) is 2. The highest BCUT2D eigenvalue weighted by molar-refractivity contribution is 14.0. The van der Waals surface area contributed by atoms with Gasteiger partial charge in [0, 0.05) is 51.0 Å². The SMILES string of the molecule is CN=C(NCCc1ccccn1)NCC1CCOC1c1ccccc1.I. The summed E-state index contributed by atoms with van der Waals surface area (Å²) in [6.07, 6.45) is 3.94. The molecule has 2 aromatic rings. The van der Waals surface area contributed by atoms with E-state index in [0.29, 0.717) is 5.92 Å². The minimum atomic E-state index is 0. The molecular weight excluding hydrogens is 439 g/mol. The number of pyridine rings is 1. The Balaban J connectivity index is 0.00000243. The van der Waals surface area contributed by atoms with Crippen LogP contribution in [0, 0.1) is 5.92 Å². The summed E-state index contributed by atoms with van der Waals surface area (Å²) in [4.78, 5) is 8.65. The number of halogens is 1. The molecule has 2 unspecified atom stereocenters. The average Bonchev–Trinajstić information content (AvgIpc) is 3.14. The van der Waals surface area contributed by atoms with Crippen molar-refractivity contribution in [3.05, 3.63) is 66.0 Å². The van der Waals surface area contributed by atoms with Gasteiger partial charge in [-0.05, 0) is 24.1 Å². The molecule has 1 fully saturated rings. The van der Waals surface area contributed by atoms with E-state index in [4.69, 9.17) is 4.74 Å². The van der Waals surface area contributed by atoms with Gasteiger partial charge in [-0.15, -0.1) is 24.0 Å². The molecule has 2 atom stereocenters. The maximum atomic E-state index is 5.95. The van der Waals surface area contributed by atoms with E-state index in [1.165, 1.54) is 5.56 Å². The molecule has 0 amide bonds. The lowest BCUT2D eigenvalue weighted by molar-refractivity contribution is 0.0915. The molecule has 0 aliphatic carbocycles. The maximum Gasteiger partial charge on any atom is 0.191 e. The average molecular weight is 466 g/mol. The molecule has 1 aromatic carbocycles. The lowest BCUT2D eigenvalue weighted by Crippen LogP contribution is -2.41. The van der Waals surface area contributed by atoms with Crippen molar-refractivity contribution in [2.24, 2.45) is 10.9 Å². The molecule has 5 nitrogen and oxygen atoms in total. The van der Waals surface area contributed by atoms with E-state index in [-0.39, 0.29) is 30.1 Å². The molecule has 1 aliphatic heterocycles. The number of hydrogen-bond donors (Lipinski definition) is 2. The van der Waals surface area contributed by atoms with Crippen LogP contribution in [-0.2, 0) is 11.2 Å². The summed E-state index contributed by atoms with van der Waals surface area (Å²) in [5.74, 6) is 1.28. The first-order chi connectivity index (χ1) is 12.4. The van der Waals surface area contributed by atoms with Crippen molar-refractivity contribution in [1.82, 2.24) is 15.6 Å². The Kier molecular flexibility index (Phi) is 8.84. The molecule has 1 aliphatic rings. The fraction of sp³-hybridized carbons (Fsp3) is 0.400. The van der Waals surface area contributed by atoms with Crippen LogP contribution < -0.4 is 10.6 Å². The lowest BCUT2D eigenvalue weighted by Gasteiger charge is -2.20. The van der Waals surface area contributed by atoms with E-state index in [0.717, 1.165) is 44.2 Å². The normalized spacial score (nSPS) is 19.7. The Morgan fingerprint density at radius 1 is 1.15 bits per heavy atom. The third kappa shape index (κ3) is 5.95. The molecule has 2 heterocycles. The van der Waals surface area contributed by atoms with Crippen molar-refractivity contribution in [2.75, 3.05) is 26.7 Å². The van der Waals surface area contributed by atoms with E-state index in [1.54, 1.807) is 7.05 Å². The van der Waals surface area contributed by atoms with Gasteiger partial charge >= 0.3 is 0 Å². The second-order valence-corrected chi connectivity index (χ2v) is 6.20. The van der Waals surface area contributed by atoms with Crippen molar-refractivity contribution in [3.8, 4) is 0 Å². The Hall–Kier alpha value is -1.67. The molecule has 0 saturated carbocycles. The topological polar surface area (TPSA) is 58.5 Å². The third-order valence-electron chi connectivity index (χ3n) is 4.50. The fourth-order valence-electron chi connectivity index (χ4n) is 3.16. The molecule has 0 radical (unpaired) electrons. The Morgan fingerprint density at radius 2 is 1.96 bits per heavy atom. The zero-order valence-corrected chi connectivity index (χ0v) is 17.4. The number of ether oxygens (including phenoxy) is 1. The number of rotatable bonds is 6. The van der Waals surface area contributed by atoms with Crippen LogP contribution in [0.25, 0.3) is 0 Å². The van der Waals surface area contributed by atoms with Gasteiger partial charge in [-0.3, -0.25) is 9.98 Å². The summed E-state index contributed by atoms with van der Waals surface area (Å²) in [5, 5.41) is 6.79. The van der Waals surface area contributed by atoms with E-state index < -0.39 is 0 Å². The smallest absolute Gasteiger partial charge is 0.191 e. The summed E-state index contributed by atoms with van der Waals surface area (Å²) in [6.45, 7) is 2.47. The quantitative estimate of drug-likeness (QED) is 0.390. The van der Waals surface area contributed by atoms with Crippen molar-refractivity contribution in [1.29, 1.82) is 0 Å². The molecular formula is C20H27IN4O. The van der Waals surface area contributed by atoms with Crippen LogP contribution in [0.5, 0.6) is 0 Å². The highest BCUT2D eigenvalue weighted by Crippen LogP contribution is 2.33. The number of benzene rings is 1. The predicted octanol–water partition coefficient (Wildman–Crippen LogP) is 3.18. The Morgan fingerprint density at radius 3 is 2.69 bits per heavy atom. The fourth-order valence-corrected chi connectivity index (χ4v) is 3.16. The van der Waals surface area contributed by atoms with E-state index in [2.05, 4.69) is 44.9 Å². The van der Waals surface area contributed by atoms with Crippen molar-refractivity contribution >= 4 is 29.9 Å². The highest BCUT2D eigenvalue weighted by Gasteiger charge is 2.29. The Labute approximate surface area is 172 Å². The van der Waals surface area contributed by atoms with E-state index in [9.17, 15) is 0 Å². The first kappa shape index (κ1) is 20.6. The van der Waals surface area contributed by atoms with Gasteiger partial charge in [0.05, 0.1) is 6.10 Å². The van der Waals surface area contributed by atoms with Crippen LogP contribution in [0.1, 0.15) is 23.8 Å². The molecule has 1 aromatic heterocycles. The second kappa shape index (κ2) is 11.1. The van der Waals surface area contributed by atoms with Gasteiger partial charge in [-0.25, -0.2) is 0 Å². The van der Waals surface area contributed by atoms with Crippen LogP contribution in [0.4, 0.5) is 0 Å². The van der Waals surface area contributed by atoms with Crippen LogP contribution in [0.15, 0.2) is 59.7 Å². The minimum absolute atomic E-state index is 0. The largest absolute Gasteiger partial charge is 0.373 e. The monoisotopic (exact) mass is 466 g/mol. The first-order valence-corrected chi connectivity index (χ1v) is 8.88. The summed E-state index contributed by atoms with van der Waals surface area (Å²) < 4.78 is 5.95. The Bertz CT molecular complexity index is 666. The molecule has 140 valence electrons. The first-order valence-electron chi connectivity index (χ1n) is 8.88. The summed E-state index contributed by atoms with van der Waals surface area (Å²) >= 11 is 0. The molecule has 0 bridgehead atoms. The molecule has 2 N–H and O–H groups in total. The van der Waals surface area contributed by atoms with E-state index >= 15 is 0 Å². The number of guanidine groups is 1. The predicted molar refractivity (Wildman–Crippen MR) is 116 cm³/mol. The maximum absolute atomic E-state index is 5.95. The van der Waals surface area contributed by atoms with Crippen molar-refractivity contribution < 1.29 is 4.74 Å². The van der Waals surface area contributed by atoms with Gasteiger partial charge in [0.25, 0.3) is 0 Å². The number of hydrogen-bond acceptors (Lipinski definition) is 3. The van der Waals surface area contributed by atoms with Gasteiger partial charge in [0.15, 0.2) is 5.96 Å². The number of aliphatic imine (C=N–C) groups is 1. The van der Waals surface area contributed by atoms with Crippen LogP contribution in [0.3, 0.4) is 0 Å². The summed E-state index contributed by atoms with van der Waals surface area (Å²) in [7, 11) is 1.80. The molecule has 6 heteroatoms.